The van der Waals surface area contributed by atoms with Crippen molar-refractivity contribution in [3.63, 3.8) is 0 Å². The molecule has 1 aromatic heterocycles. The molecule has 0 aliphatic heterocycles. The Morgan fingerprint density at radius 3 is 2.88 bits per heavy atom. The van der Waals surface area contributed by atoms with Crippen molar-refractivity contribution < 1.29 is 9.84 Å². The van der Waals surface area contributed by atoms with E-state index in [4.69, 9.17) is 9.84 Å². The molecule has 5 nitrogen and oxygen atoms in total. The van der Waals surface area contributed by atoms with Gasteiger partial charge in [-0.2, -0.15) is 5.10 Å². The fourth-order valence-corrected chi connectivity index (χ4v) is 1.54. The van der Waals surface area contributed by atoms with Crippen molar-refractivity contribution in [2.24, 2.45) is 7.05 Å². The van der Waals surface area contributed by atoms with E-state index in [0.717, 1.165) is 17.8 Å². The van der Waals surface area contributed by atoms with E-state index >= 15 is 0 Å². The molecule has 92 valence electrons. The summed E-state index contributed by atoms with van der Waals surface area (Å²) < 4.78 is 6.86. The standard InChI is InChI=1S/C11H21N3O2/c1-4-9-5-11(14(2)13-9)6-12-10(7-15)8-16-3/h5,10,12,15H,4,6-8H2,1-3H3. The maximum Gasteiger partial charge on any atom is 0.0638 e. The molecule has 2 N–H and O–H groups in total. The molecule has 1 unspecified atom stereocenters. The normalized spacial score (nSPS) is 13.0. The molecule has 1 rings (SSSR count). The molecule has 0 aliphatic carbocycles. The Kier molecular flexibility index (Phi) is 5.45. The van der Waals surface area contributed by atoms with Crippen molar-refractivity contribution in [2.75, 3.05) is 20.3 Å². The first kappa shape index (κ1) is 13.2. The number of ether oxygens (including phenoxy) is 1. The van der Waals surface area contributed by atoms with Crippen LogP contribution in [0.1, 0.15) is 18.3 Å². The van der Waals surface area contributed by atoms with E-state index in [-0.39, 0.29) is 12.6 Å². The monoisotopic (exact) mass is 227 g/mol. The zero-order chi connectivity index (χ0) is 12.0. The lowest BCUT2D eigenvalue weighted by Crippen LogP contribution is -2.36. The van der Waals surface area contributed by atoms with Crippen LogP contribution in [-0.4, -0.2) is 41.3 Å². The Labute approximate surface area is 96.4 Å². The minimum atomic E-state index is -0.0232. The van der Waals surface area contributed by atoms with Gasteiger partial charge in [0.1, 0.15) is 0 Å². The summed E-state index contributed by atoms with van der Waals surface area (Å²) in [7, 11) is 3.56. The van der Waals surface area contributed by atoms with E-state index < -0.39 is 0 Å². The fourth-order valence-electron chi connectivity index (χ4n) is 1.54. The zero-order valence-corrected chi connectivity index (χ0v) is 10.2. The summed E-state index contributed by atoms with van der Waals surface area (Å²) in [6.45, 7) is 3.36. The molecule has 1 atom stereocenters. The summed E-state index contributed by atoms with van der Waals surface area (Å²) in [6, 6.07) is 2.05. The van der Waals surface area contributed by atoms with Crippen LogP contribution in [0.25, 0.3) is 0 Å². The van der Waals surface area contributed by atoms with E-state index in [9.17, 15) is 0 Å². The van der Waals surface area contributed by atoms with Crippen LogP contribution in [0, 0.1) is 0 Å². The average Bonchev–Trinajstić information content (AvgIpc) is 2.65. The van der Waals surface area contributed by atoms with Crippen LogP contribution in [0.4, 0.5) is 0 Å². The van der Waals surface area contributed by atoms with Crippen LogP contribution in [0.15, 0.2) is 6.07 Å². The van der Waals surface area contributed by atoms with Crippen molar-refractivity contribution in [3.05, 3.63) is 17.5 Å². The lowest BCUT2D eigenvalue weighted by Gasteiger charge is -2.14. The molecule has 5 heteroatoms. The van der Waals surface area contributed by atoms with E-state index in [0.29, 0.717) is 13.2 Å². The molecule has 0 radical (unpaired) electrons. The van der Waals surface area contributed by atoms with Gasteiger partial charge in [0, 0.05) is 20.7 Å². The fraction of sp³-hybridized carbons (Fsp3) is 0.727. The third-order valence-electron chi connectivity index (χ3n) is 2.55. The lowest BCUT2D eigenvalue weighted by atomic mass is 10.3. The number of rotatable bonds is 7. The van der Waals surface area contributed by atoms with Gasteiger partial charge < -0.3 is 15.2 Å². The van der Waals surface area contributed by atoms with E-state index in [2.05, 4.69) is 23.4 Å². The molecule has 1 heterocycles. The molecule has 0 amide bonds. The van der Waals surface area contributed by atoms with Crippen LogP contribution in [-0.2, 0) is 24.8 Å². The molecule has 0 aliphatic rings. The van der Waals surface area contributed by atoms with Crippen molar-refractivity contribution in [3.8, 4) is 0 Å². The van der Waals surface area contributed by atoms with Gasteiger partial charge >= 0.3 is 0 Å². The first-order valence-corrected chi connectivity index (χ1v) is 5.56. The second-order valence-corrected chi connectivity index (χ2v) is 3.82. The highest BCUT2D eigenvalue weighted by Gasteiger charge is 2.08. The number of nitrogens with zero attached hydrogens (tertiary/aromatic N) is 2. The van der Waals surface area contributed by atoms with E-state index in [1.807, 2.05) is 11.7 Å². The number of methoxy groups -OCH3 is 1. The summed E-state index contributed by atoms with van der Waals surface area (Å²) in [6.07, 6.45) is 0.940. The number of aliphatic hydroxyl groups excluding tert-OH is 1. The van der Waals surface area contributed by atoms with Gasteiger partial charge in [0.15, 0.2) is 0 Å². The number of hydrogen-bond donors (Lipinski definition) is 2. The van der Waals surface area contributed by atoms with Crippen molar-refractivity contribution in [1.82, 2.24) is 15.1 Å². The Bertz CT molecular complexity index is 312. The van der Waals surface area contributed by atoms with Crippen molar-refractivity contribution >= 4 is 0 Å². The average molecular weight is 227 g/mol. The number of aromatic nitrogens is 2. The zero-order valence-electron chi connectivity index (χ0n) is 10.2. The van der Waals surface area contributed by atoms with Gasteiger partial charge in [-0.25, -0.2) is 0 Å². The summed E-state index contributed by atoms with van der Waals surface area (Å²) in [5, 5.41) is 16.7. The van der Waals surface area contributed by atoms with E-state index in [1.165, 1.54) is 0 Å². The van der Waals surface area contributed by atoms with Crippen LogP contribution in [0.5, 0.6) is 0 Å². The maximum absolute atomic E-state index is 9.09. The van der Waals surface area contributed by atoms with Crippen molar-refractivity contribution in [1.29, 1.82) is 0 Å². The molecule has 16 heavy (non-hydrogen) atoms. The van der Waals surface area contributed by atoms with Crippen LogP contribution < -0.4 is 5.32 Å². The number of aryl methyl sites for hydroxylation is 2. The topological polar surface area (TPSA) is 59.3 Å². The Morgan fingerprint density at radius 2 is 2.38 bits per heavy atom. The summed E-state index contributed by atoms with van der Waals surface area (Å²) >= 11 is 0. The quantitative estimate of drug-likeness (QED) is 0.692. The molecular formula is C11H21N3O2. The minimum absolute atomic E-state index is 0.0232. The predicted molar refractivity (Wildman–Crippen MR) is 62.2 cm³/mol. The van der Waals surface area contributed by atoms with Gasteiger partial charge in [-0.05, 0) is 12.5 Å². The van der Waals surface area contributed by atoms with Gasteiger partial charge in [0.25, 0.3) is 0 Å². The van der Waals surface area contributed by atoms with Crippen LogP contribution >= 0.6 is 0 Å². The summed E-state index contributed by atoms with van der Waals surface area (Å²) in [4.78, 5) is 0. The number of hydrogen-bond acceptors (Lipinski definition) is 4. The third kappa shape index (κ3) is 3.59. The second kappa shape index (κ2) is 6.62. The summed E-state index contributed by atoms with van der Waals surface area (Å²) in [5.74, 6) is 0. The molecule has 0 saturated carbocycles. The van der Waals surface area contributed by atoms with Gasteiger partial charge in [0.05, 0.1) is 30.6 Å². The van der Waals surface area contributed by atoms with Gasteiger partial charge in [-0.3, -0.25) is 4.68 Å². The van der Waals surface area contributed by atoms with Gasteiger partial charge in [0.2, 0.25) is 0 Å². The third-order valence-corrected chi connectivity index (χ3v) is 2.55. The molecule has 0 spiro atoms. The maximum atomic E-state index is 9.09. The second-order valence-electron chi connectivity index (χ2n) is 3.82. The Morgan fingerprint density at radius 1 is 1.62 bits per heavy atom. The lowest BCUT2D eigenvalue weighted by molar-refractivity contribution is 0.127. The van der Waals surface area contributed by atoms with Crippen LogP contribution in [0.3, 0.4) is 0 Å². The van der Waals surface area contributed by atoms with Gasteiger partial charge in [-0.15, -0.1) is 0 Å². The SMILES string of the molecule is CCc1cc(CNC(CO)COC)n(C)n1. The largest absolute Gasteiger partial charge is 0.395 e. The molecule has 0 saturated heterocycles. The molecule has 1 aromatic rings. The molecule has 0 bridgehead atoms. The number of nitrogens with one attached hydrogen (secondary N) is 1. The Balaban J connectivity index is 2.49. The highest BCUT2D eigenvalue weighted by molar-refractivity contribution is 5.10. The van der Waals surface area contributed by atoms with E-state index in [1.54, 1.807) is 7.11 Å². The first-order chi connectivity index (χ1) is 7.71. The van der Waals surface area contributed by atoms with Gasteiger partial charge in [-0.1, -0.05) is 6.92 Å². The highest BCUT2D eigenvalue weighted by Crippen LogP contribution is 2.03. The molecular weight excluding hydrogens is 206 g/mol. The first-order valence-electron chi connectivity index (χ1n) is 5.56. The van der Waals surface area contributed by atoms with Crippen molar-refractivity contribution in [2.45, 2.75) is 25.9 Å². The number of aliphatic hydroxyl groups is 1. The molecule has 0 fully saturated rings. The van der Waals surface area contributed by atoms with Crippen LogP contribution in [0.2, 0.25) is 0 Å². The molecule has 0 aromatic carbocycles. The predicted octanol–water partition coefficient (Wildman–Crippen LogP) is 0.0794. The summed E-state index contributed by atoms with van der Waals surface area (Å²) in [5.41, 5.74) is 2.21. The smallest absolute Gasteiger partial charge is 0.0638 e. The highest BCUT2D eigenvalue weighted by atomic mass is 16.5. The Hall–Kier alpha value is -0.910. The minimum Gasteiger partial charge on any atom is -0.395 e.